The number of carbonyl (C=O) groups is 1. The predicted molar refractivity (Wildman–Crippen MR) is 85.9 cm³/mol. The molecule has 1 aromatic carbocycles. The zero-order valence-corrected chi connectivity index (χ0v) is 12.4. The second-order valence-corrected chi connectivity index (χ2v) is 5.08. The van der Waals surface area contributed by atoms with Crippen molar-refractivity contribution in [1.29, 1.82) is 0 Å². The Kier molecular flexibility index (Phi) is 4.01. The lowest BCUT2D eigenvalue weighted by Gasteiger charge is -2.10. The summed E-state index contributed by atoms with van der Waals surface area (Å²) in [6.07, 6.45) is 5.31. The maximum absolute atomic E-state index is 12.4. The Balaban J connectivity index is 1.77. The third-order valence-corrected chi connectivity index (χ3v) is 3.61. The first-order valence-corrected chi connectivity index (χ1v) is 7.16. The SMILES string of the molecule is Cc1ccccc1CNC(=O)c1cccn1-c1cccnc1. The Morgan fingerprint density at radius 1 is 1.14 bits per heavy atom. The molecule has 1 N–H and O–H groups in total. The third-order valence-electron chi connectivity index (χ3n) is 3.61. The summed E-state index contributed by atoms with van der Waals surface area (Å²) >= 11 is 0. The van der Waals surface area contributed by atoms with Crippen molar-refractivity contribution in [3.8, 4) is 5.69 Å². The van der Waals surface area contributed by atoms with E-state index >= 15 is 0 Å². The summed E-state index contributed by atoms with van der Waals surface area (Å²) in [7, 11) is 0. The maximum atomic E-state index is 12.4. The van der Waals surface area contributed by atoms with Crippen LogP contribution in [0.2, 0.25) is 0 Å². The fourth-order valence-corrected chi connectivity index (χ4v) is 2.36. The van der Waals surface area contributed by atoms with Crippen molar-refractivity contribution in [3.63, 3.8) is 0 Å². The molecule has 0 aliphatic heterocycles. The molecule has 0 aliphatic rings. The summed E-state index contributed by atoms with van der Waals surface area (Å²) in [5.41, 5.74) is 3.76. The number of amides is 1. The van der Waals surface area contributed by atoms with E-state index in [9.17, 15) is 4.79 Å². The van der Waals surface area contributed by atoms with Crippen LogP contribution in [0.15, 0.2) is 67.1 Å². The molecule has 0 unspecified atom stereocenters. The van der Waals surface area contributed by atoms with Gasteiger partial charge in [-0.2, -0.15) is 0 Å². The minimum atomic E-state index is -0.0999. The summed E-state index contributed by atoms with van der Waals surface area (Å²) in [5.74, 6) is -0.0999. The van der Waals surface area contributed by atoms with Gasteiger partial charge < -0.3 is 9.88 Å². The molecule has 0 aliphatic carbocycles. The smallest absolute Gasteiger partial charge is 0.268 e. The molecule has 4 heteroatoms. The third kappa shape index (κ3) is 2.91. The van der Waals surface area contributed by atoms with Gasteiger partial charge in [0, 0.05) is 18.9 Å². The summed E-state index contributed by atoms with van der Waals surface area (Å²) in [6, 6.07) is 15.5. The highest BCUT2D eigenvalue weighted by Gasteiger charge is 2.12. The Bertz CT molecular complexity index is 778. The highest BCUT2D eigenvalue weighted by molar-refractivity contribution is 5.93. The molecule has 2 heterocycles. The van der Waals surface area contributed by atoms with Crippen LogP contribution in [0.3, 0.4) is 0 Å². The predicted octanol–water partition coefficient (Wildman–Crippen LogP) is 3.11. The van der Waals surface area contributed by atoms with Crippen molar-refractivity contribution in [1.82, 2.24) is 14.9 Å². The molecule has 3 rings (SSSR count). The molecule has 3 aromatic rings. The molecule has 0 atom stereocenters. The Morgan fingerprint density at radius 3 is 2.77 bits per heavy atom. The number of hydrogen-bond acceptors (Lipinski definition) is 2. The molecular weight excluding hydrogens is 274 g/mol. The molecule has 4 nitrogen and oxygen atoms in total. The minimum absolute atomic E-state index is 0.0999. The van der Waals surface area contributed by atoms with Gasteiger partial charge in [-0.25, -0.2) is 0 Å². The van der Waals surface area contributed by atoms with E-state index in [0.717, 1.165) is 11.3 Å². The van der Waals surface area contributed by atoms with E-state index in [1.807, 2.05) is 60.2 Å². The fourth-order valence-electron chi connectivity index (χ4n) is 2.36. The molecule has 0 bridgehead atoms. The highest BCUT2D eigenvalue weighted by Crippen LogP contribution is 2.12. The number of aromatic nitrogens is 2. The second kappa shape index (κ2) is 6.26. The summed E-state index contributed by atoms with van der Waals surface area (Å²) in [4.78, 5) is 16.5. The van der Waals surface area contributed by atoms with Gasteiger partial charge in [-0.05, 0) is 42.3 Å². The first kappa shape index (κ1) is 14.1. The number of nitrogens with one attached hydrogen (secondary N) is 1. The first-order chi connectivity index (χ1) is 10.8. The fraction of sp³-hybridized carbons (Fsp3) is 0.111. The monoisotopic (exact) mass is 291 g/mol. The van der Waals surface area contributed by atoms with Crippen LogP contribution in [0.4, 0.5) is 0 Å². The van der Waals surface area contributed by atoms with Gasteiger partial charge in [-0.1, -0.05) is 24.3 Å². The summed E-state index contributed by atoms with van der Waals surface area (Å²) < 4.78 is 1.83. The Morgan fingerprint density at radius 2 is 2.00 bits per heavy atom. The average Bonchev–Trinajstić information content (AvgIpc) is 3.04. The van der Waals surface area contributed by atoms with E-state index in [4.69, 9.17) is 0 Å². The topological polar surface area (TPSA) is 46.9 Å². The lowest BCUT2D eigenvalue weighted by Crippen LogP contribution is -2.25. The van der Waals surface area contributed by atoms with Crippen LogP contribution in [-0.2, 0) is 6.54 Å². The van der Waals surface area contributed by atoms with Crippen molar-refractivity contribution >= 4 is 5.91 Å². The number of benzene rings is 1. The van der Waals surface area contributed by atoms with Crippen molar-refractivity contribution in [2.24, 2.45) is 0 Å². The molecule has 0 radical (unpaired) electrons. The van der Waals surface area contributed by atoms with Crippen LogP contribution in [0.25, 0.3) is 5.69 Å². The van der Waals surface area contributed by atoms with E-state index in [1.54, 1.807) is 18.5 Å². The molecule has 0 spiro atoms. The normalized spacial score (nSPS) is 10.4. The van der Waals surface area contributed by atoms with Crippen LogP contribution in [-0.4, -0.2) is 15.5 Å². The van der Waals surface area contributed by atoms with E-state index in [0.29, 0.717) is 12.2 Å². The molecular formula is C18H17N3O. The molecule has 0 fully saturated rings. The van der Waals surface area contributed by atoms with Gasteiger partial charge in [-0.3, -0.25) is 9.78 Å². The van der Waals surface area contributed by atoms with Crippen LogP contribution in [0, 0.1) is 6.92 Å². The number of nitrogens with zero attached hydrogens (tertiary/aromatic N) is 2. The molecule has 0 saturated heterocycles. The number of aryl methyl sites for hydroxylation is 1. The lowest BCUT2D eigenvalue weighted by molar-refractivity contribution is 0.0944. The van der Waals surface area contributed by atoms with Crippen LogP contribution in [0.5, 0.6) is 0 Å². The highest BCUT2D eigenvalue weighted by atomic mass is 16.1. The van der Waals surface area contributed by atoms with Crippen molar-refractivity contribution in [2.45, 2.75) is 13.5 Å². The number of pyridine rings is 1. The van der Waals surface area contributed by atoms with E-state index < -0.39 is 0 Å². The Hall–Kier alpha value is -2.88. The molecule has 1 amide bonds. The van der Waals surface area contributed by atoms with Gasteiger partial charge in [0.15, 0.2) is 0 Å². The van der Waals surface area contributed by atoms with Gasteiger partial charge in [0.1, 0.15) is 5.69 Å². The molecule has 110 valence electrons. The summed E-state index contributed by atoms with van der Waals surface area (Å²) in [6.45, 7) is 2.56. The Labute approximate surface area is 129 Å². The van der Waals surface area contributed by atoms with Crippen LogP contribution < -0.4 is 5.32 Å². The number of rotatable bonds is 4. The van der Waals surface area contributed by atoms with Gasteiger partial charge in [-0.15, -0.1) is 0 Å². The van der Waals surface area contributed by atoms with Crippen molar-refractivity contribution in [3.05, 3.63) is 83.9 Å². The quantitative estimate of drug-likeness (QED) is 0.803. The molecule has 0 saturated carbocycles. The second-order valence-electron chi connectivity index (χ2n) is 5.08. The number of hydrogen-bond donors (Lipinski definition) is 1. The van der Waals surface area contributed by atoms with E-state index in [-0.39, 0.29) is 5.91 Å². The average molecular weight is 291 g/mol. The van der Waals surface area contributed by atoms with Crippen molar-refractivity contribution in [2.75, 3.05) is 0 Å². The van der Waals surface area contributed by atoms with Crippen LogP contribution >= 0.6 is 0 Å². The van der Waals surface area contributed by atoms with E-state index in [1.165, 1.54) is 5.56 Å². The maximum Gasteiger partial charge on any atom is 0.268 e. The van der Waals surface area contributed by atoms with Crippen molar-refractivity contribution < 1.29 is 4.79 Å². The molecule has 2 aromatic heterocycles. The van der Waals surface area contributed by atoms with Gasteiger partial charge in [0.25, 0.3) is 5.91 Å². The summed E-state index contributed by atoms with van der Waals surface area (Å²) in [5, 5.41) is 2.97. The van der Waals surface area contributed by atoms with Gasteiger partial charge in [0.05, 0.1) is 11.9 Å². The van der Waals surface area contributed by atoms with Gasteiger partial charge in [0.2, 0.25) is 0 Å². The van der Waals surface area contributed by atoms with Crippen LogP contribution in [0.1, 0.15) is 21.6 Å². The largest absolute Gasteiger partial charge is 0.347 e. The lowest BCUT2D eigenvalue weighted by atomic mass is 10.1. The zero-order valence-electron chi connectivity index (χ0n) is 12.4. The molecule has 22 heavy (non-hydrogen) atoms. The number of carbonyl (C=O) groups excluding carboxylic acids is 1. The van der Waals surface area contributed by atoms with E-state index in [2.05, 4.69) is 10.3 Å². The standard InChI is InChI=1S/C18H17N3O/c1-14-6-2-3-7-15(14)12-20-18(22)17-9-5-11-21(17)16-8-4-10-19-13-16/h2-11,13H,12H2,1H3,(H,20,22). The zero-order chi connectivity index (χ0) is 15.4. The minimum Gasteiger partial charge on any atom is -0.347 e. The first-order valence-electron chi connectivity index (χ1n) is 7.16. The van der Waals surface area contributed by atoms with Gasteiger partial charge >= 0.3 is 0 Å².